The Bertz CT molecular complexity index is 577. The van der Waals surface area contributed by atoms with Crippen molar-refractivity contribution in [3.05, 3.63) is 65.0 Å². The first-order chi connectivity index (χ1) is 8.74. The van der Waals surface area contributed by atoms with Crippen molar-refractivity contribution in [3.63, 3.8) is 0 Å². The lowest BCUT2D eigenvalue weighted by Crippen LogP contribution is -1.90. The highest BCUT2D eigenvalue weighted by Gasteiger charge is 2.08. The third-order valence-corrected chi connectivity index (χ3v) is 2.74. The molecule has 0 unspecified atom stereocenters. The Labute approximate surface area is 105 Å². The molecule has 0 bridgehead atoms. The molecule has 0 aromatic heterocycles. The molecule has 2 rings (SSSR count). The molecule has 0 saturated heterocycles. The van der Waals surface area contributed by atoms with Crippen molar-refractivity contribution in [2.75, 3.05) is 0 Å². The van der Waals surface area contributed by atoms with Gasteiger partial charge in [0.15, 0.2) is 6.29 Å². The monoisotopic (exact) mass is 240 g/mol. The van der Waals surface area contributed by atoms with Crippen LogP contribution in [0.4, 0.5) is 0 Å². The van der Waals surface area contributed by atoms with Gasteiger partial charge in [0.1, 0.15) is 12.0 Å². The summed E-state index contributed by atoms with van der Waals surface area (Å²) in [5.41, 5.74) is 2.49. The van der Waals surface area contributed by atoms with Gasteiger partial charge < -0.3 is 5.11 Å². The Balaban J connectivity index is 2.44. The fourth-order valence-corrected chi connectivity index (χ4v) is 1.80. The van der Waals surface area contributed by atoms with E-state index >= 15 is 0 Å². The van der Waals surface area contributed by atoms with E-state index in [4.69, 9.17) is 0 Å². The van der Waals surface area contributed by atoms with Gasteiger partial charge in [0, 0.05) is 5.56 Å². The smallest absolute Gasteiger partial charge is 0.153 e. The van der Waals surface area contributed by atoms with Crippen LogP contribution in [0.15, 0.2) is 53.8 Å². The van der Waals surface area contributed by atoms with E-state index in [0.29, 0.717) is 18.3 Å². The second-order valence-corrected chi connectivity index (χ2v) is 3.95. The van der Waals surface area contributed by atoms with Gasteiger partial charge in [0.2, 0.25) is 0 Å². The Morgan fingerprint density at radius 2 is 1.94 bits per heavy atom. The minimum absolute atomic E-state index is 0.0113. The van der Waals surface area contributed by atoms with Crippen LogP contribution in [-0.4, -0.2) is 17.7 Å². The summed E-state index contributed by atoms with van der Waals surface area (Å²) in [5, 5.41) is 9.59. The van der Waals surface area contributed by atoms with Crippen LogP contribution in [0.5, 0.6) is 0 Å². The number of allylic oxidation sites excluding steroid dienone is 5. The zero-order valence-electron chi connectivity index (χ0n) is 9.67. The molecule has 18 heavy (non-hydrogen) atoms. The molecule has 0 atom stereocenters. The topological polar surface area (TPSA) is 54.4 Å². The van der Waals surface area contributed by atoms with Crippen molar-refractivity contribution < 1.29 is 14.7 Å². The predicted octanol–water partition coefficient (Wildman–Crippen LogP) is 2.85. The minimum atomic E-state index is -0.0113. The molecular formula is C15H12O3. The SMILES string of the molecule is O=CC1=CC(c2cccc(C=O)c2)=CCC=C1O. The Hall–Kier alpha value is -2.42. The lowest BCUT2D eigenvalue weighted by atomic mass is 10.0. The van der Waals surface area contributed by atoms with Gasteiger partial charge in [-0.3, -0.25) is 9.59 Å². The van der Waals surface area contributed by atoms with Crippen molar-refractivity contribution in [2.24, 2.45) is 0 Å². The first kappa shape index (κ1) is 12.0. The molecule has 0 aliphatic heterocycles. The minimum Gasteiger partial charge on any atom is -0.508 e. The molecule has 1 N–H and O–H groups in total. The average molecular weight is 240 g/mol. The molecule has 1 aliphatic rings. The van der Waals surface area contributed by atoms with Gasteiger partial charge in [-0.1, -0.05) is 24.3 Å². The Morgan fingerprint density at radius 3 is 2.67 bits per heavy atom. The van der Waals surface area contributed by atoms with Crippen molar-refractivity contribution in [1.82, 2.24) is 0 Å². The highest BCUT2D eigenvalue weighted by Crippen LogP contribution is 2.23. The van der Waals surface area contributed by atoms with Crippen molar-refractivity contribution in [2.45, 2.75) is 6.42 Å². The molecular weight excluding hydrogens is 228 g/mol. The standard InChI is InChI=1S/C15H12O3/c16-9-11-3-1-4-12(7-11)13-5-2-6-15(18)14(8-13)10-17/h1,3-10,18H,2H2. The molecule has 1 aromatic carbocycles. The van der Waals surface area contributed by atoms with Crippen LogP contribution < -0.4 is 0 Å². The number of hydrogen-bond acceptors (Lipinski definition) is 3. The number of aliphatic hydroxyl groups excluding tert-OH is 1. The van der Waals surface area contributed by atoms with E-state index < -0.39 is 0 Å². The van der Waals surface area contributed by atoms with E-state index in [0.717, 1.165) is 17.4 Å². The van der Waals surface area contributed by atoms with Crippen LogP contribution in [0.1, 0.15) is 22.3 Å². The molecule has 90 valence electrons. The van der Waals surface area contributed by atoms with Gasteiger partial charge in [-0.15, -0.1) is 0 Å². The molecule has 1 aliphatic carbocycles. The zero-order valence-corrected chi connectivity index (χ0v) is 9.67. The summed E-state index contributed by atoms with van der Waals surface area (Å²) < 4.78 is 0. The van der Waals surface area contributed by atoms with Gasteiger partial charge in [0.05, 0.1) is 5.57 Å². The Kier molecular flexibility index (Phi) is 3.53. The molecule has 0 heterocycles. The summed E-state index contributed by atoms with van der Waals surface area (Å²) in [6.07, 6.45) is 7.04. The van der Waals surface area contributed by atoms with Crippen LogP contribution in [0.3, 0.4) is 0 Å². The number of aliphatic hydroxyl groups is 1. The molecule has 0 fully saturated rings. The third-order valence-electron chi connectivity index (χ3n) is 2.74. The quantitative estimate of drug-likeness (QED) is 0.826. The number of benzene rings is 1. The van der Waals surface area contributed by atoms with E-state index in [1.165, 1.54) is 0 Å². The normalized spacial score (nSPS) is 15.0. The van der Waals surface area contributed by atoms with Crippen molar-refractivity contribution >= 4 is 18.1 Å². The van der Waals surface area contributed by atoms with Gasteiger partial charge in [0.25, 0.3) is 0 Å². The van der Waals surface area contributed by atoms with E-state index in [9.17, 15) is 14.7 Å². The molecule has 0 amide bonds. The zero-order chi connectivity index (χ0) is 13.0. The molecule has 0 radical (unpaired) electrons. The molecule has 0 spiro atoms. The molecule has 3 heteroatoms. The van der Waals surface area contributed by atoms with E-state index in [1.807, 2.05) is 12.1 Å². The summed E-state index contributed by atoms with van der Waals surface area (Å²) in [5.74, 6) is -0.0113. The van der Waals surface area contributed by atoms with Crippen molar-refractivity contribution in [3.8, 4) is 0 Å². The third kappa shape index (κ3) is 2.46. The summed E-state index contributed by atoms with van der Waals surface area (Å²) in [6.45, 7) is 0. The second kappa shape index (κ2) is 5.27. The summed E-state index contributed by atoms with van der Waals surface area (Å²) in [7, 11) is 0. The molecule has 0 saturated carbocycles. The fraction of sp³-hybridized carbons (Fsp3) is 0.0667. The largest absolute Gasteiger partial charge is 0.508 e. The number of aldehydes is 2. The van der Waals surface area contributed by atoms with Gasteiger partial charge >= 0.3 is 0 Å². The van der Waals surface area contributed by atoms with Gasteiger partial charge in [-0.2, -0.15) is 0 Å². The van der Waals surface area contributed by atoms with Crippen molar-refractivity contribution in [1.29, 1.82) is 0 Å². The molecule has 1 aromatic rings. The van der Waals surface area contributed by atoms with E-state index in [1.54, 1.807) is 30.4 Å². The molecule has 3 nitrogen and oxygen atoms in total. The highest BCUT2D eigenvalue weighted by molar-refractivity contribution is 5.88. The number of hydrogen-bond donors (Lipinski definition) is 1. The van der Waals surface area contributed by atoms with E-state index in [2.05, 4.69) is 0 Å². The van der Waals surface area contributed by atoms with Gasteiger partial charge in [-0.25, -0.2) is 0 Å². The van der Waals surface area contributed by atoms with E-state index in [-0.39, 0.29) is 11.3 Å². The van der Waals surface area contributed by atoms with Crippen LogP contribution in [0, 0.1) is 0 Å². The number of carbonyl (C=O) groups is 2. The second-order valence-electron chi connectivity index (χ2n) is 3.95. The number of rotatable bonds is 3. The first-order valence-electron chi connectivity index (χ1n) is 5.56. The maximum absolute atomic E-state index is 10.9. The average Bonchev–Trinajstić information content (AvgIpc) is 2.60. The van der Waals surface area contributed by atoms with Gasteiger partial charge in [-0.05, 0) is 35.8 Å². The van der Waals surface area contributed by atoms with Crippen LogP contribution in [0.25, 0.3) is 5.57 Å². The highest BCUT2D eigenvalue weighted by atomic mass is 16.3. The maximum Gasteiger partial charge on any atom is 0.153 e. The summed E-state index contributed by atoms with van der Waals surface area (Å²) >= 11 is 0. The number of carbonyl (C=O) groups excluding carboxylic acids is 2. The van der Waals surface area contributed by atoms with Crippen LogP contribution in [-0.2, 0) is 4.79 Å². The lowest BCUT2D eigenvalue weighted by Gasteiger charge is -2.03. The fourth-order valence-electron chi connectivity index (χ4n) is 1.80. The van der Waals surface area contributed by atoms with Crippen LogP contribution in [0.2, 0.25) is 0 Å². The maximum atomic E-state index is 10.9. The first-order valence-corrected chi connectivity index (χ1v) is 5.56. The Morgan fingerprint density at radius 1 is 1.11 bits per heavy atom. The summed E-state index contributed by atoms with van der Waals surface area (Å²) in [4.78, 5) is 21.6. The lowest BCUT2D eigenvalue weighted by molar-refractivity contribution is -0.104. The predicted molar refractivity (Wildman–Crippen MR) is 69.3 cm³/mol. The van der Waals surface area contributed by atoms with Crippen LogP contribution >= 0.6 is 0 Å². The summed E-state index contributed by atoms with van der Waals surface area (Å²) in [6, 6.07) is 7.11.